The number of nitrogens with one attached hydrogen (secondary N) is 1. The maximum Gasteiger partial charge on any atom is 0.331 e. The standard InChI is InChI=1S/C14H25N3O3/c1-4-6-17(5-2)12-8-10(14(19)20)7-11(15)13(12)16-9(3)18/h8,11-13H,4-7,15H2,1-3H3,(H,16,18)(H,19,20)/t11-,12-,13-/m1/s1. The van der Waals surface area contributed by atoms with Crippen molar-refractivity contribution in [3.8, 4) is 0 Å². The molecule has 20 heavy (non-hydrogen) atoms. The second-order valence-corrected chi connectivity index (χ2v) is 5.21. The molecule has 1 aliphatic rings. The third-order valence-corrected chi connectivity index (χ3v) is 3.64. The summed E-state index contributed by atoms with van der Waals surface area (Å²) in [5, 5.41) is 12.1. The summed E-state index contributed by atoms with van der Waals surface area (Å²) in [7, 11) is 0. The zero-order chi connectivity index (χ0) is 15.3. The lowest BCUT2D eigenvalue weighted by Crippen LogP contribution is -2.60. The van der Waals surface area contributed by atoms with Crippen LogP contribution >= 0.6 is 0 Å². The van der Waals surface area contributed by atoms with Crippen LogP contribution in [0, 0.1) is 0 Å². The van der Waals surface area contributed by atoms with E-state index in [4.69, 9.17) is 5.73 Å². The summed E-state index contributed by atoms with van der Waals surface area (Å²) in [5.41, 5.74) is 6.42. The highest BCUT2D eigenvalue weighted by Crippen LogP contribution is 2.22. The summed E-state index contributed by atoms with van der Waals surface area (Å²) in [6, 6.07) is -0.799. The van der Waals surface area contributed by atoms with Crippen LogP contribution in [0.15, 0.2) is 11.6 Å². The number of carbonyl (C=O) groups excluding carboxylic acids is 1. The number of carbonyl (C=O) groups is 2. The van der Waals surface area contributed by atoms with E-state index >= 15 is 0 Å². The number of aliphatic carboxylic acids is 1. The van der Waals surface area contributed by atoms with Crippen LogP contribution in [0.2, 0.25) is 0 Å². The number of carboxylic acids is 1. The third kappa shape index (κ3) is 4.05. The fraction of sp³-hybridized carbons (Fsp3) is 0.714. The first-order valence-electron chi connectivity index (χ1n) is 7.11. The molecule has 0 saturated heterocycles. The lowest BCUT2D eigenvalue weighted by atomic mass is 9.86. The van der Waals surface area contributed by atoms with Gasteiger partial charge >= 0.3 is 5.97 Å². The third-order valence-electron chi connectivity index (χ3n) is 3.64. The fourth-order valence-electron chi connectivity index (χ4n) is 2.74. The SMILES string of the molecule is CCCN(CC)[C@@H]1C=C(C(=O)O)C[C@@H](N)[C@H]1NC(C)=O. The molecule has 0 aliphatic heterocycles. The van der Waals surface area contributed by atoms with Gasteiger partial charge in [-0.15, -0.1) is 0 Å². The minimum absolute atomic E-state index is 0.143. The van der Waals surface area contributed by atoms with E-state index in [0.717, 1.165) is 19.5 Å². The van der Waals surface area contributed by atoms with Gasteiger partial charge in [0.1, 0.15) is 0 Å². The fourth-order valence-corrected chi connectivity index (χ4v) is 2.74. The van der Waals surface area contributed by atoms with Gasteiger partial charge in [-0.05, 0) is 25.9 Å². The first kappa shape index (κ1) is 16.7. The van der Waals surface area contributed by atoms with Crippen molar-refractivity contribution in [1.29, 1.82) is 0 Å². The molecule has 4 N–H and O–H groups in total. The Morgan fingerprint density at radius 3 is 2.60 bits per heavy atom. The predicted octanol–water partition coefficient (Wildman–Crippen LogP) is 0.334. The molecule has 0 heterocycles. The number of hydrogen-bond donors (Lipinski definition) is 3. The molecule has 1 rings (SSSR count). The molecule has 6 heteroatoms. The topological polar surface area (TPSA) is 95.7 Å². The molecule has 3 atom stereocenters. The van der Waals surface area contributed by atoms with Gasteiger partial charge in [-0.3, -0.25) is 9.69 Å². The number of nitrogens with two attached hydrogens (primary N) is 1. The number of carboxylic acid groups (broad SMARTS) is 1. The van der Waals surface area contributed by atoms with E-state index < -0.39 is 5.97 Å². The van der Waals surface area contributed by atoms with Gasteiger partial charge in [0.2, 0.25) is 5.91 Å². The average molecular weight is 283 g/mol. The second-order valence-electron chi connectivity index (χ2n) is 5.21. The van der Waals surface area contributed by atoms with Crippen LogP contribution in [0.4, 0.5) is 0 Å². The van der Waals surface area contributed by atoms with Gasteiger partial charge in [0.15, 0.2) is 0 Å². The zero-order valence-corrected chi connectivity index (χ0v) is 12.4. The van der Waals surface area contributed by atoms with E-state index in [0.29, 0.717) is 5.57 Å². The van der Waals surface area contributed by atoms with Crippen LogP contribution in [0.1, 0.15) is 33.6 Å². The molecule has 0 aromatic carbocycles. The predicted molar refractivity (Wildman–Crippen MR) is 77.2 cm³/mol. The van der Waals surface area contributed by atoms with E-state index in [2.05, 4.69) is 17.1 Å². The van der Waals surface area contributed by atoms with Gasteiger partial charge in [0.25, 0.3) is 0 Å². The summed E-state index contributed by atoms with van der Waals surface area (Å²) in [6.45, 7) is 7.17. The van der Waals surface area contributed by atoms with Crippen molar-refractivity contribution >= 4 is 11.9 Å². The van der Waals surface area contributed by atoms with E-state index in [1.807, 2.05) is 6.92 Å². The van der Waals surface area contributed by atoms with E-state index in [1.165, 1.54) is 6.92 Å². The van der Waals surface area contributed by atoms with Crippen LogP contribution in [-0.4, -0.2) is 53.1 Å². The Morgan fingerprint density at radius 1 is 1.50 bits per heavy atom. The minimum Gasteiger partial charge on any atom is -0.478 e. The number of likely N-dealkylation sites (N-methyl/N-ethyl adjacent to an activating group) is 1. The molecule has 6 nitrogen and oxygen atoms in total. The Labute approximate surface area is 120 Å². The van der Waals surface area contributed by atoms with Crippen molar-refractivity contribution in [3.05, 3.63) is 11.6 Å². The number of amides is 1. The normalized spacial score (nSPS) is 26.2. The van der Waals surface area contributed by atoms with Crippen LogP contribution < -0.4 is 11.1 Å². The van der Waals surface area contributed by atoms with Crippen LogP contribution in [0.25, 0.3) is 0 Å². The minimum atomic E-state index is -0.931. The summed E-state index contributed by atoms with van der Waals surface area (Å²) in [5.74, 6) is -1.07. The zero-order valence-electron chi connectivity index (χ0n) is 12.4. The smallest absolute Gasteiger partial charge is 0.331 e. The highest BCUT2D eigenvalue weighted by molar-refractivity contribution is 5.87. The van der Waals surface area contributed by atoms with Crippen molar-refractivity contribution < 1.29 is 14.7 Å². The maximum atomic E-state index is 11.4. The molecule has 0 fully saturated rings. The lowest BCUT2D eigenvalue weighted by molar-refractivity contribution is -0.133. The summed E-state index contributed by atoms with van der Waals surface area (Å²) >= 11 is 0. The maximum absolute atomic E-state index is 11.4. The van der Waals surface area contributed by atoms with Gasteiger partial charge in [-0.25, -0.2) is 4.79 Å². The highest BCUT2D eigenvalue weighted by Gasteiger charge is 2.36. The molecule has 1 amide bonds. The van der Waals surface area contributed by atoms with E-state index in [9.17, 15) is 14.7 Å². The number of hydrogen-bond acceptors (Lipinski definition) is 4. The van der Waals surface area contributed by atoms with E-state index in [1.54, 1.807) is 6.08 Å². The largest absolute Gasteiger partial charge is 0.478 e. The van der Waals surface area contributed by atoms with E-state index in [-0.39, 0.29) is 30.5 Å². The van der Waals surface area contributed by atoms with Crippen molar-refractivity contribution in [2.24, 2.45) is 5.73 Å². The highest BCUT2D eigenvalue weighted by atomic mass is 16.4. The Bertz CT molecular complexity index is 395. The molecular formula is C14H25N3O3. The van der Waals surface area contributed by atoms with Crippen molar-refractivity contribution in [1.82, 2.24) is 10.2 Å². The Kier molecular flexibility index (Phi) is 6.16. The van der Waals surface area contributed by atoms with Crippen molar-refractivity contribution in [2.45, 2.75) is 51.7 Å². The van der Waals surface area contributed by atoms with Gasteiger partial charge in [-0.2, -0.15) is 0 Å². The molecule has 114 valence electrons. The average Bonchev–Trinajstić information content (AvgIpc) is 2.37. The molecule has 0 unspecified atom stereocenters. The molecule has 0 aromatic heterocycles. The summed E-state index contributed by atoms with van der Waals surface area (Å²) < 4.78 is 0. The number of nitrogens with zero attached hydrogens (tertiary/aromatic N) is 1. The van der Waals surface area contributed by atoms with Crippen molar-refractivity contribution in [3.63, 3.8) is 0 Å². The summed E-state index contributed by atoms with van der Waals surface area (Å²) in [6.07, 6.45) is 2.98. The molecule has 1 aliphatic carbocycles. The van der Waals surface area contributed by atoms with Crippen molar-refractivity contribution in [2.75, 3.05) is 13.1 Å². The first-order valence-corrected chi connectivity index (χ1v) is 7.11. The molecule has 0 bridgehead atoms. The van der Waals surface area contributed by atoms with Gasteiger partial charge in [0.05, 0.1) is 12.1 Å². The number of rotatable bonds is 6. The molecule has 0 aromatic rings. The van der Waals surface area contributed by atoms with Crippen LogP contribution in [0.5, 0.6) is 0 Å². The second kappa shape index (κ2) is 7.40. The van der Waals surface area contributed by atoms with Gasteiger partial charge < -0.3 is 16.2 Å². The monoisotopic (exact) mass is 283 g/mol. The Balaban J connectivity index is 3.07. The molecule has 0 saturated carbocycles. The summed E-state index contributed by atoms with van der Waals surface area (Å²) in [4.78, 5) is 24.7. The first-order chi connectivity index (χ1) is 9.40. The van der Waals surface area contributed by atoms with Crippen LogP contribution in [0.3, 0.4) is 0 Å². The molecular weight excluding hydrogens is 258 g/mol. The quantitative estimate of drug-likeness (QED) is 0.653. The Hall–Kier alpha value is -1.40. The van der Waals surface area contributed by atoms with Gasteiger partial charge in [0, 0.05) is 18.5 Å². The van der Waals surface area contributed by atoms with Gasteiger partial charge in [-0.1, -0.05) is 19.9 Å². The van der Waals surface area contributed by atoms with Crippen LogP contribution in [-0.2, 0) is 9.59 Å². The lowest BCUT2D eigenvalue weighted by Gasteiger charge is -2.40. The molecule has 0 radical (unpaired) electrons. The molecule has 0 spiro atoms. The Morgan fingerprint density at radius 2 is 2.15 bits per heavy atom.